The molecule has 0 spiro atoms. The molecule has 0 aliphatic carbocycles. The van der Waals surface area contributed by atoms with Crippen LogP contribution in [-0.4, -0.2) is 49.0 Å². The Balaban J connectivity index is 1.25. The first-order chi connectivity index (χ1) is 13.2. The Morgan fingerprint density at radius 2 is 2.07 bits per heavy atom. The highest BCUT2D eigenvalue weighted by Gasteiger charge is 2.32. The Kier molecular flexibility index (Phi) is 5.62. The quantitative estimate of drug-likeness (QED) is 0.833. The molecule has 2 atom stereocenters. The second-order valence-electron chi connectivity index (χ2n) is 7.96. The summed E-state index contributed by atoms with van der Waals surface area (Å²) in [5, 5.41) is 5.92. The topological polar surface area (TPSA) is 70.7 Å². The molecule has 27 heavy (non-hydrogen) atoms. The molecule has 0 bridgehead atoms. The van der Waals surface area contributed by atoms with Gasteiger partial charge in [0.05, 0.1) is 0 Å². The number of hydrogen-bond donors (Lipinski definition) is 2. The number of aryl methyl sites for hydroxylation is 1. The van der Waals surface area contributed by atoms with Gasteiger partial charge in [0.1, 0.15) is 5.75 Å². The molecular weight excluding hydrogens is 342 g/mol. The van der Waals surface area contributed by atoms with E-state index in [9.17, 15) is 9.59 Å². The maximum Gasteiger partial charge on any atom is 0.257 e. The van der Waals surface area contributed by atoms with E-state index in [0.717, 1.165) is 24.2 Å². The molecule has 0 aromatic heterocycles. The lowest BCUT2D eigenvalue weighted by Crippen LogP contribution is -2.51. The minimum Gasteiger partial charge on any atom is -0.484 e. The van der Waals surface area contributed by atoms with E-state index in [1.165, 1.54) is 45.2 Å². The van der Waals surface area contributed by atoms with Crippen molar-refractivity contribution in [3.05, 3.63) is 23.8 Å². The lowest BCUT2D eigenvalue weighted by Gasteiger charge is -2.44. The maximum atomic E-state index is 12.2. The molecule has 2 amide bonds. The van der Waals surface area contributed by atoms with Crippen LogP contribution in [0.2, 0.25) is 0 Å². The van der Waals surface area contributed by atoms with Crippen LogP contribution in [0.1, 0.15) is 44.1 Å². The lowest BCUT2D eigenvalue weighted by atomic mass is 9.83. The number of ether oxygens (including phenoxy) is 1. The molecule has 3 aliphatic heterocycles. The molecule has 6 heteroatoms. The van der Waals surface area contributed by atoms with Crippen LogP contribution >= 0.6 is 0 Å². The Hall–Kier alpha value is -2.08. The molecule has 1 aromatic carbocycles. The largest absolute Gasteiger partial charge is 0.484 e. The van der Waals surface area contributed by atoms with Gasteiger partial charge in [0.2, 0.25) is 5.91 Å². The van der Waals surface area contributed by atoms with E-state index in [4.69, 9.17) is 4.74 Å². The third-order valence-electron chi connectivity index (χ3n) is 6.14. The number of carbonyl (C=O) groups is 2. The predicted molar refractivity (Wildman–Crippen MR) is 104 cm³/mol. The highest BCUT2D eigenvalue weighted by atomic mass is 16.5. The van der Waals surface area contributed by atoms with Crippen LogP contribution < -0.4 is 15.4 Å². The van der Waals surface area contributed by atoms with E-state index in [1.807, 2.05) is 12.1 Å². The molecule has 0 saturated carbocycles. The monoisotopic (exact) mass is 371 g/mol. The summed E-state index contributed by atoms with van der Waals surface area (Å²) in [6.07, 6.45) is 7.59. The number of amides is 2. The number of piperidine rings is 2. The predicted octanol–water partition coefficient (Wildman–Crippen LogP) is 2.33. The smallest absolute Gasteiger partial charge is 0.257 e. The number of carbonyl (C=O) groups excluding carboxylic acids is 2. The average Bonchev–Trinajstić information content (AvgIpc) is 2.70. The van der Waals surface area contributed by atoms with Crippen molar-refractivity contribution in [2.45, 2.75) is 51.0 Å². The van der Waals surface area contributed by atoms with Gasteiger partial charge in [-0.05, 0) is 62.7 Å². The van der Waals surface area contributed by atoms with Crippen molar-refractivity contribution in [3.63, 3.8) is 0 Å². The summed E-state index contributed by atoms with van der Waals surface area (Å²) in [7, 11) is 0. The van der Waals surface area contributed by atoms with Crippen molar-refractivity contribution < 1.29 is 14.3 Å². The molecule has 1 aromatic rings. The Bertz CT molecular complexity index is 704. The van der Waals surface area contributed by atoms with Gasteiger partial charge in [-0.1, -0.05) is 12.5 Å². The zero-order chi connectivity index (χ0) is 18.6. The summed E-state index contributed by atoms with van der Waals surface area (Å²) in [6, 6.07) is 6.27. The average molecular weight is 371 g/mol. The molecule has 146 valence electrons. The fraction of sp³-hybridized carbons (Fsp3) is 0.619. The van der Waals surface area contributed by atoms with E-state index in [0.29, 0.717) is 24.1 Å². The normalized spacial score (nSPS) is 25.1. The van der Waals surface area contributed by atoms with Gasteiger partial charge in [0, 0.05) is 30.8 Å². The van der Waals surface area contributed by atoms with E-state index >= 15 is 0 Å². The van der Waals surface area contributed by atoms with Crippen LogP contribution in [0.25, 0.3) is 0 Å². The number of fused-ring (bicyclic) bond motifs is 2. The van der Waals surface area contributed by atoms with Crippen LogP contribution in [0.3, 0.4) is 0 Å². The lowest BCUT2D eigenvalue weighted by molar-refractivity contribution is -0.123. The maximum absolute atomic E-state index is 12.2. The molecule has 3 heterocycles. The Morgan fingerprint density at radius 1 is 1.19 bits per heavy atom. The number of hydrogen-bond acceptors (Lipinski definition) is 4. The molecule has 2 saturated heterocycles. The second-order valence-corrected chi connectivity index (χ2v) is 7.96. The van der Waals surface area contributed by atoms with E-state index < -0.39 is 0 Å². The van der Waals surface area contributed by atoms with Crippen LogP contribution in [0, 0.1) is 5.92 Å². The minimum absolute atomic E-state index is 0.00777. The van der Waals surface area contributed by atoms with E-state index in [1.54, 1.807) is 6.07 Å². The van der Waals surface area contributed by atoms with Crippen molar-refractivity contribution in [2.75, 3.05) is 31.6 Å². The molecule has 0 radical (unpaired) electrons. The number of anilines is 1. The van der Waals surface area contributed by atoms with E-state index in [-0.39, 0.29) is 18.4 Å². The number of nitrogens with one attached hydrogen (secondary N) is 2. The molecule has 3 aliphatic rings. The van der Waals surface area contributed by atoms with Crippen LogP contribution in [0.4, 0.5) is 5.69 Å². The van der Waals surface area contributed by atoms with Gasteiger partial charge in [0.15, 0.2) is 6.61 Å². The van der Waals surface area contributed by atoms with Crippen molar-refractivity contribution in [3.8, 4) is 5.75 Å². The van der Waals surface area contributed by atoms with Crippen molar-refractivity contribution in [1.29, 1.82) is 0 Å². The summed E-state index contributed by atoms with van der Waals surface area (Å²) in [5.41, 5.74) is 1.91. The van der Waals surface area contributed by atoms with Gasteiger partial charge < -0.3 is 20.3 Å². The fourth-order valence-electron chi connectivity index (χ4n) is 4.70. The van der Waals surface area contributed by atoms with Gasteiger partial charge >= 0.3 is 0 Å². The van der Waals surface area contributed by atoms with Crippen molar-refractivity contribution >= 4 is 17.5 Å². The third-order valence-corrected chi connectivity index (χ3v) is 6.14. The van der Waals surface area contributed by atoms with Gasteiger partial charge in [0.25, 0.3) is 5.91 Å². The fourth-order valence-corrected chi connectivity index (χ4v) is 4.70. The number of benzene rings is 1. The van der Waals surface area contributed by atoms with Crippen LogP contribution in [0.5, 0.6) is 5.75 Å². The molecular formula is C21H29N3O3. The van der Waals surface area contributed by atoms with Gasteiger partial charge in [-0.15, -0.1) is 0 Å². The SMILES string of the molecule is O=C(COc1ccc2c(c1)NC(=O)CC2)NCC1CCCN2CCCCC12. The van der Waals surface area contributed by atoms with Crippen LogP contribution in [0.15, 0.2) is 18.2 Å². The standard InChI is InChI=1S/C21H29N3O3/c25-20-9-7-15-6-8-17(12-18(15)23-20)27-14-21(26)22-13-16-4-3-11-24-10-2-1-5-19(16)24/h6,8,12,16,19H,1-5,7,9-11,13-14H2,(H,22,26)(H,23,25). The summed E-state index contributed by atoms with van der Waals surface area (Å²) in [4.78, 5) is 26.4. The summed E-state index contributed by atoms with van der Waals surface area (Å²) >= 11 is 0. The zero-order valence-electron chi connectivity index (χ0n) is 15.8. The third kappa shape index (κ3) is 4.43. The summed E-state index contributed by atoms with van der Waals surface area (Å²) in [6.45, 7) is 3.18. The second kappa shape index (κ2) is 8.30. The Labute approximate surface area is 160 Å². The van der Waals surface area contributed by atoms with Gasteiger partial charge in [-0.2, -0.15) is 0 Å². The summed E-state index contributed by atoms with van der Waals surface area (Å²) < 4.78 is 5.64. The van der Waals surface area contributed by atoms with Gasteiger partial charge in [-0.3, -0.25) is 9.59 Å². The van der Waals surface area contributed by atoms with Crippen molar-refractivity contribution in [2.24, 2.45) is 5.92 Å². The molecule has 2 N–H and O–H groups in total. The minimum atomic E-state index is -0.0790. The van der Waals surface area contributed by atoms with Crippen molar-refractivity contribution in [1.82, 2.24) is 10.2 Å². The molecule has 2 unspecified atom stereocenters. The van der Waals surface area contributed by atoms with Crippen LogP contribution in [-0.2, 0) is 16.0 Å². The molecule has 4 rings (SSSR count). The first-order valence-electron chi connectivity index (χ1n) is 10.3. The first kappa shape index (κ1) is 18.3. The first-order valence-corrected chi connectivity index (χ1v) is 10.3. The highest BCUT2D eigenvalue weighted by Crippen LogP contribution is 2.30. The highest BCUT2D eigenvalue weighted by molar-refractivity contribution is 5.94. The van der Waals surface area contributed by atoms with E-state index in [2.05, 4.69) is 15.5 Å². The zero-order valence-corrected chi connectivity index (χ0v) is 15.8. The van der Waals surface area contributed by atoms with Gasteiger partial charge in [-0.25, -0.2) is 0 Å². The number of rotatable bonds is 5. The molecule has 2 fully saturated rings. The Morgan fingerprint density at radius 3 is 3.00 bits per heavy atom. The number of nitrogens with zero attached hydrogens (tertiary/aromatic N) is 1. The summed E-state index contributed by atoms with van der Waals surface area (Å²) in [5.74, 6) is 1.12. The molecule has 6 nitrogen and oxygen atoms in total.